The summed E-state index contributed by atoms with van der Waals surface area (Å²) in [6.07, 6.45) is -0.199. The zero-order valence-corrected chi connectivity index (χ0v) is 21.1. The van der Waals surface area contributed by atoms with E-state index < -0.39 is 18.0 Å². The predicted molar refractivity (Wildman–Crippen MR) is 138 cm³/mol. The predicted octanol–water partition coefficient (Wildman–Crippen LogP) is 2.61. The van der Waals surface area contributed by atoms with Crippen LogP contribution >= 0.6 is 0 Å². The smallest absolute Gasteiger partial charge is 0.251 e. The monoisotopic (exact) mass is 525 g/mol. The maximum atomic E-state index is 14.4. The van der Waals surface area contributed by atoms with Gasteiger partial charge >= 0.3 is 0 Å². The summed E-state index contributed by atoms with van der Waals surface area (Å²) in [5.41, 5.74) is 11.3. The van der Waals surface area contributed by atoms with Crippen molar-refractivity contribution < 1.29 is 23.1 Å². The van der Waals surface area contributed by atoms with Gasteiger partial charge < -0.3 is 15.4 Å². The Kier molecular flexibility index (Phi) is 7.32. The molecule has 2 unspecified atom stereocenters. The van der Waals surface area contributed by atoms with E-state index in [-0.39, 0.29) is 37.0 Å². The van der Waals surface area contributed by atoms with E-state index in [1.165, 1.54) is 24.1 Å². The highest BCUT2D eigenvalue weighted by atomic mass is 19.1. The zero-order chi connectivity index (χ0) is 26.8. The van der Waals surface area contributed by atoms with Crippen LogP contribution in [0.3, 0.4) is 0 Å². The number of amides is 1. The number of halogens is 2. The number of nitrogens with one attached hydrogen (secondary N) is 1. The molecule has 200 valence electrons. The third-order valence-corrected chi connectivity index (χ3v) is 6.92. The van der Waals surface area contributed by atoms with Crippen LogP contribution < -0.4 is 16.0 Å². The first-order chi connectivity index (χ1) is 18.3. The van der Waals surface area contributed by atoms with E-state index in [0.717, 1.165) is 5.56 Å². The molecule has 0 spiro atoms. The molecule has 3 aliphatic heterocycles. The number of nitrogens with zero attached hydrogens (tertiary/aromatic N) is 5. The maximum absolute atomic E-state index is 14.4. The van der Waals surface area contributed by atoms with Gasteiger partial charge in [0.2, 0.25) is 11.8 Å². The Morgan fingerprint density at radius 3 is 2.87 bits per heavy atom. The molecule has 38 heavy (non-hydrogen) atoms. The molecule has 2 aromatic rings. The molecular formula is C26H29F2N7O3. The van der Waals surface area contributed by atoms with Crippen molar-refractivity contribution in [3.05, 3.63) is 47.8 Å². The number of hydrogen-bond donors (Lipinski definition) is 2. The topological polar surface area (TPSA) is 127 Å². The number of amidine groups is 1. The average molecular weight is 526 g/mol. The number of alkyl halides is 1. The van der Waals surface area contributed by atoms with E-state index in [2.05, 4.69) is 20.4 Å². The molecule has 1 saturated heterocycles. The largest absolute Gasteiger partial charge is 0.481 e. The zero-order valence-electron chi connectivity index (χ0n) is 21.1. The van der Waals surface area contributed by atoms with E-state index in [1.54, 1.807) is 24.3 Å². The second-order valence-corrected chi connectivity index (χ2v) is 9.46. The molecule has 3 aliphatic rings. The van der Waals surface area contributed by atoms with Gasteiger partial charge in [-0.15, -0.1) is 0 Å². The third-order valence-electron chi connectivity index (χ3n) is 6.92. The first kappa shape index (κ1) is 25.7. The van der Waals surface area contributed by atoms with Crippen molar-refractivity contribution in [2.24, 2.45) is 26.6 Å². The molecule has 5 rings (SSSR count). The van der Waals surface area contributed by atoms with Gasteiger partial charge in [0.1, 0.15) is 17.8 Å². The summed E-state index contributed by atoms with van der Waals surface area (Å²) in [6, 6.07) is 8.99. The number of methoxy groups -OCH3 is 1. The molecule has 1 aromatic carbocycles. The Hall–Kier alpha value is -3.93. The molecule has 4 atom stereocenters. The summed E-state index contributed by atoms with van der Waals surface area (Å²) in [6.45, 7) is 1.98. The van der Waals surface area contributed by atoms with Crippen molar-refractivity contribution >= 4 is 23.4 Å². The van der Waals surface area contributed by atoms with Crippen LogP contribution in [0.25, 0.3) is 11.3 Å². The minimum absolute atomic E-state index is 0.0708. The fraction of sp³-hybridized carbons (Fsp3) is 0.423. The van der Waals surface area contributed by atoms with Crippen LogP contribution in [0, 0.1) is 11.7 Å². The van der Waals surface area contributed by atoms with Crippen LogP contribution in [0.5, 0.6) is 5.88 Å². The maximum Gasteiger partial charge on any atom is 0.251 e. The molecule has 1 fully saturated rings. The van der Waals surface area contributed by atoms with E-state index >= 15 is 0 Å². The molecule has 4 heterocycles. The summed E-state index contributed by atoms with van der Waals surface area (Å²) >= 11 is 0. The number of aromatic nitrogens is 1. The van der Waals surface area contributed by atoms with Gasteiger partial charge in [-0.1, -0.05) is 12.1 Å². The van der Waals surface area contributed by atoms with Crippen molar-refractivity contribution in [2.75, 3.05) is 26.8 Å². The third kappa shape index (κ3) is 5.35. The standard InChI is InChI=1S/C26H29F2N7O3/c1-14-24-21(33-26(29)30-14)11-20(32-25(24)34-38-13-23(36)35-9-8-16(28)12-35)17-7-6-15(27)10-18(17)19-4-3-5-22(31-19)37-2/h3-7,10,16,20-21,24H,8-9,11-13H2,1-2H3,(H2,29,33)(H,32,34)/t16-,20?,21-,24?/m1/s1. The van der Waals surface area contributed by atoms with Gasteiger partial charge in [0, 0.05) is 23.9 Å². The van der Waals surface area contributed by atoms with Crippen molar-refractivity contribution in [3.8, 4) is 17.1 Å². The molecule has 10 nitrogen and oxygen atoms in total. The lowest BCUT2D eigenvalue weighted by Crippen LogP contribution is -2.48. The number of guanidine groups is 1. The minimum Gasteiger partial charge on any atom is -0.481 e. The molecule has 12 heteroatoms. The Bertz CT molecular complexity index is 1320. The quantitative estimate of drug-likeness (QED) is 0.559. The summed E-state index contributed by atoms with van der Waals surface area (Å²) in [7, 11) is 1.52. The van der Waals surface area contributed by atoms with Gasteiger partial charge in [-0.2, -0.15) is 0 Å². The second-order valence-electron chi connectivity index (χ2n) is 9.46. The normalized spacial score (nSPS) is 24.7. The number of aliphatic imine (C=N–C) groups is 3. The Balaban J connectivity index is 1.45. The van der Waals surface area contributed by atoms with Gasteiger partial charge in [-0.25, -0.2) is 23.7 Å². The molecule has 1 aromatic heterocycles. The number of nitrogens with two attached hydrogens (primary N) is 1. The number of hydrogen-bond acceptors (Lipinski definition) is 9. The summed E-state index contributed by atoms with van der Waals surface area (Å²) in [5, 5.41) is 0. The Morgan fingerprint density at radius 1 is 1.26 bits per heavy atom. The second kappa shape index (κ2) is 10.8. The van der Waals surface area contributed by atoms with Crippen molar-refractivity contribution in [2.45, 2.75) is 38.0 Å². The SMILES string of the molecule is COc1cccc(-c2cc(F)ccc2C2C[C@H]3N=C(N)N=C(C)C3C(NOCC(=O)N3CC[C@@H](F)C3)=N2)n1. The van der Waals surface area contributed by atoms with E-state index in [4.69, 9.17) is 20.3 Å². The number of rotatable bonds is 6. The summed E-state index contributed by atoms with van der Waals surface area (Å²) in [5.74, 6) is -0.0676. The highest BCUT2D eigenvalue weighted by molar-refractivity contribution is 6.11. The van der Waals surface area contributed by atoms with Crippen LogP contribution in [0.15, 0.2) is 51.4 Å². The van der Waals surface area contributed by atoms with Gasteiger partial charge in [0.05, 0.1) is 37.4 Å². The lowest BCUT2D eigenvalue weighted by atomic mass is 9.82. The van der Waals surface area contributed by atoms with E-state index in [0.29, 0.717) is 48.1 Å². The van der Waals surface area contributed by atoms with Crippen LogP contribution in [-0.2, 0) is 9.63 Å². The van der Waals surface area contributed by atoms with Crippen LogP contribution in [0.2, 0.25) is 0 Å². The molecule has 0 saturated carbocycles. The van der Waals surface area contributed by atoms with Gasteiger partial charge in [-0.05, 0) is 43.5 Å². The molecular weight excluding hydrogens is 496 g/mol. The molecule has 1 amide bonds. The van der Waals surface area contributed by atoms with Gasteiger partial charge in [0.25, 0.3) is 5.91 Å². The Morgan fingerprint density at radius 2 is 2.11 bits per heavy atom. The first-order valence-corrected chi connectivity index (χ1v) is 12.4. The van der Waals surface area contributed by atoms with Crippen LogP contribution in [-0.4, -0.2) is 72.3 Å². The highest BCUT2D eigenvalue weighted by Gasteiger charge is 2.39. The van der Waals surface area contributed by atoms with E-state index in [9.17, 15) is 13.6 Å². The van der Waals surface area contributed by atoms with Crippen molar-refractivity contribution in [3.63, 3.8) is 0 Å². The summed E-state index contributed by atoms with van der Waals surface area (Å²) < 4.78 is 33.1. The number of pyridine rings is 1. The Labute approximate surface area is 218 Å². The van der Waals surface area contributed by atoms with Crippen LogP contribution in [0.4, 0.5) is 8.78 Å². The fourth-order valence-corrected chi connectivity index (χ4v) is 5.11. The van der Waals surface area contributed by atoms with Gasteiger partial charge in [-0.3, -0.25) is 20.1 Å². The lowest BCUT2D eigenvalue weighted by Gasteiger charge is -2.35. The number of fused-ring (bicyclic) bond motifs is 1. The molecule has 0 bridgehead atoms. The lowest BCUT2D eigenvalue weighted by molar-refractivity contribution is -0.136. The number of carbonyl (C=O) groups is 1. The summed E-state index contributed by atoms with van der Waals surface area (Å²) in [4.78, 5) is 37.6. The van der Waals surface area contributed by atoms with Crippen LogP contribution in [0.1, 0.15) is 31.4 Å². The molecule has 3 N–H and O–H groups in total. The minimum atomic E-state index is -1.01. The highest BCUT2D eigenvalue weighted by Crippen LogP contribution is 2.39. The molecule has 0 aliphatic carbocycles. The number of ether oxygens (including phenoxy) is 1. The fourth-order valence-electron chi connectivity index (χ4n) is 5.11. The number of hydroxylamine groups is 1. The van der Waals surface area contributed by atoms with Crippen molar-refractivity contribution in [1.82, 2.24) is 15.4 Å². The van der Waals surface area contributed by atoms with Gasteiger partial charge in [0.15, 0.2) is 6.61 Å². The number of likely N-dealkylation sites (tertiary alicyclic amines) is 1. The number of carbonyl (C=O) groups excluding carboxylic acids is 1. The number of benzene rings is 1. The van der Waals surface area contributed by atoms with E-state index in [1.807, 2.05) is 6.92 Å². The average Bonchev–Trinajstić information content (AvgIpc) is 3.34. The van der Waals surface area contributed by atoms with Crippen molar-refractivity contribution in [1.29, 1.82) is 0 Å². The first-order valence-electron chi connectivity index (χ1n) is 12.4. The molecule has 0 radical (unpaired) electrons.